The van der Waals surface area contributed by atoms with Crippen LogP contribution >= 0.6 is 0 Å². The number of fused-ring (bicyclic) bond motifs is 1. The maximum absolute atomic E-state index is 13.2. The average Bonchev–Trinajstić information content (AvgIpc) is 2.89. The van der Waals surface area contributed by atoms with E-state index in [1.807, 2.05) is 47.4 Å². The Morgan fingerprint density at radius 2 is 1.58 bits per heavy atom. The van der Waals surface area contributed by atoms with Crippen LogP contribution in [0.4, 0.5) is 14.9 Å². The van der Waals surface area contributed by atoms with Gasteiger partial charge in [0.05, 0.1) is 6.61 Å². The summed E-state index contributed by atoms with van der Waals surface area (Å²) in [5.74, 6) is 6.20. The van der Waals surface area contributed by atoms with E-state index in [1.54, 1.807) is 12.1 Å². The number of rotatable bonds is 3. The van der Waals surface area contributed by atoms with Crippen LogP contribution in [0.5, 0.6) is 0 Å². The fourth-order valence-corrected chi connectivity index (χ4v) is 5.32. The van der Waals surface area contributed by atoms with Gasteiger partial charge in [-0.15, -0.1) is 0 Å². The smallest absolute Gasteiger partial charge is 0.321 e. The standard InChI is InChI=1S/C30H30FN3O2/c31-25-14-16-26(17-15-25)32-30(36)33-18-4-5-19-34-27(20-33)29(28(34)21-35)24-12-10-23(11-13-24)9-8-22-6-2-1-3-7-22/h1-3,6-7,10-17,27-29,35H,4-5,18-21H2,(H,32,36)/t27-,28+,29+/m0/s1. The minimum absolute atomic E-state index is 0.0383. The Balaban J connectivity index is 1.31. The molecule has 2 fully saturated rings. The number of urea groups is 1. The van der Waals surface area contributed by atoms with Crippen molar-refractivity contribution < 1.29 is 14.3 Å². The first-order chi connectivity index (χ1) is 17.6. The largest absolute Gasteiger partial charge is 0.395 e. The third kappa shape index (κ3) is 5.28. The van der Waals surface area contributed by atoms with Crippen molar-refractivity contribution in [1.82, 2.24) is 9.80 Å². The van der Waals surface area contributed by atoms with Crippen molar-refractivity contribution in [2.45, 2.75) is 30.8 Å². The summed E-state index contributed by atoms with van der Waals surface area (Å²) in [6.45, 7) is 2.24. The number of amides is 2. The quantitative estimate of drug-likeness (QED) is 0.532. The fourth-order valence-electron chi connectivity index (χ4n) is 5.32. The van der Waals surface area contributed by atoms with Gasteiger partial charge in [0.15, 0.2) is 0 Å². The highest BCUT2D eigenvalue weighted by atomic mass is 19.1. The molecule has 2 N–H and O–H groups in total. The number of nitrogens with one attached hydrogen (secondary N) is 1. The highest BCUT2D eigenvalue weighted by molar-refractivity contribution is 5.89. The molecule has 0 radical (unpaired) electrons. The summed E-state index contributed by atoms with van der Waals surface area (Å²) >= 11 is 0. The van der Waals surface area contributed by atoms with Crippen LogP contribution in [0.2, 0.25) is 0 Å². The number of aliphatic hydroxyl groups excluding tert-OH is 1. The summed E-state index contributed by atoms with van der Waals surface area (Å²) in [4.78, 5) is 17.2. The summed E-state index contributed by atoms with van der Waals surface area (Å²) in [5, 5.41) is 13.1. The molecule has 2 aliphatic heterocycles. The molecule has 0 unspecified atom stereocenters. The monoisotopic (exact) mass is 483 g/mol. The third-order valence-electron chi connectivity index (χ3n) is 7.17. The van der Waals surface area contributed by atoms with Gasteiger partial charge >= 0.3 is 6.03 Å². The minimum Gasteiger partial charge on any atom is -0.395 e. The molecule has 0 saturated carbocycles. The van der Waals surface area contributed by atoms with Gasteiger partial charge in [-0.2, -0.15) is 0 Å². The molecule has 184 valence electrons. The number of anilines is 1. The summed E-state index contributed by atoms with van der Waals surface area (Å²) < 4.78 is 13.2. The molecule has 36 heavy (non-hydrogen) atoms. The molecule has 2 amide bonds. The topological polar surface area (TPSA) is 55.8 Å². The van der Waals surface area contributed by atoms with Gasteiger partial charge in [0.1, 0.15) is 5.82 Å². The Labute approximate surface area is 211 Å². The number of hydrogen-bond acceptors (Lipinski definition) is 3. The molecule has 0 bridgehead atoms. The van der Waals surface area contributed by atoms with Gasteiger partial charge in [0.2, 0.25) is 0 Å². The zero-order valence-electron chi connectivity index (χ0n) is 20.1. The lowest BCUT2D eigenvalue weighted by atomic mass is 9.74. The second-order valence-electron chi connectivity index (χ2n) is 9.41. The van der Waals surface area contributed by atoms with E-state index in [2.05, 4.69) is 34.2 Å². The van der Waals surface area contributed by atoms with Crippen LogP contribution in [0.25, 0.3) is 0 Å². The predicted octanol–water partition coefficient (Wildman–Crippen LogP) is 4.68. The number of nitrogens with zero attached hydrogens (tertiary/aromatic N) is 2. The summed E-state index contributed by atoms with van der Waals surface area (Å²) in [7, 11) is 0. The summed E-state index contributed by atoms with van der Waals surface area (Å²) in [5.41, 5.74) is 3.65. The van der Waals surface area contributed by atoms with Gasteiger partial charge < -0.3 is 15.3 Å². The number of aliphatic hydroxyl groups is 1. The molecule has 3 aromatic rings. The normalized spacial score (nSPS) is 21.7. The Morgan fingerprint density at radius 3 is 2.28 bits per heavy atom. The van der Waals surface area contributed by atoms with Crippen molar-refractivity contribution in [3.8, 4) is 11.8 Å². The Morgan fingerprint density at radius 1 is 0.917 bits per heavy atom. The zero-order chi connectivity index (χ0) is 24.9. The fraction of sp³-hybridized carbons (Fsp3) is 0.300. The van der Waals surface area contributed by atoms with Crippen molar-refractivity contribution >= 4 is 11.7 Å². The molecule has 3 aromatic carbocycles. The van der Waals surface area contributed by atoms with Gasteiger partial charge in [-0.25, -0.2) is 9.18 Å². The lowest BCUT2D eigenvalue weighted by Gasteiger charge is -2.57. The molecule has 2 aliphatic rings. The van der Waals surface area contributed by atoms with E-state index < -0.39 is 0 Å². The first-order valence-electron chi connectivity index (χ1n) is 12.5. The van der Waals surface area contributed by atoms with E-state index in [9.17, 15) is 14.3 Å². The molecule has 5 nitrogen and oxygen atoms in total. The lowest BCUT2D eigenvalue weighted by molar-refractivity contribution is -0.0585. The van der Waals surface area contributed by atoms with Crippen LogP contribution in [-0.4, -0.2) is 59.3 Å². The number of hydrogen-bond donors (Lipinski definition) is 2. The van der Waals surface area contributed by atoms with Crippen molar-refractivity contribution in [2.75, 3.05) is 31.6 Å². The Kier molecular flexibility index (Phi) is 7.31. The second-order valence-corrected chi connectivity index (χ2v) is 9.41. The highest BCUT2D eigenvalue weighted by Gasteiger charge is 2.49. The predicted molar refractivity (Wildman–Crippen MR) is 139 cm³/mol. The Hall–Kier alpha value is -3.66. The van der Waals surface area contributed by atoms with Crippen LogP contribution in [0.15, 0.2) is 78.9 Å². The van der Waals surface area contributed by atoms with Gasteiger partial charge in [0.25, 0.3) is 0 Å². The van der Waals surface area contributed by atoms with E-state index in [-0.39, 0.29) is 36.5 Å². The zero-order valence-corrected chi connectivity index (χ0v) is 20.1. The molecular weight excluding hydrogens is 453 g/mol. The van der Waals surface area contributed by atoms with Crippen molar-refractivity contribution in [2.24, 2.45) is 0 Å². The van der Waals surface area contributed by atoms with E-state index >= 15 is 0 Å². The SMILES string of the molecule is O=C(Nc1ccc(F)cc1)N1CCCCN2[C@H](CO)[C@H](c3ccc(C#Cc4ccccc4)cc3)[C@@H]2C1. The molecule has 0 spiro atoms. The van der Waals surface area contributed by atoms with Crippen LogP contribution in [0.3, 0.4) is 0 Å². The van der Waals surface area contributed by atoms with E-state index in [0.29, 0.717) is 18.8 Å². The van der Waals surface area contributed by atoms with E-state index in [1.165, 1.54) is 12.1 Å². The molecule has 2 heterocycles. The molecule has 5 rings (SSSR count). The molecule has 6 heteroatoms. The maximum Gasteiger partial charge on any atom is 0.321 e. The summed E-state index contributed by atoms with van der Waals surface area (Å²) in [6.07, 6.45) is 1.87. The van der Waals surface area contributed by atoms with Crippen LogP contribution < -0.4 is 5.32 Å². The van der Waals surface area contributed by atoms with Crippen LogP contribution in [-0.2, 0) is 0 Å². The first-order valence-corrected chi connectivity index (χ1v) is 12.5. The van der Waals surface area contributed by atoms with Crippen molar-refractivity contribution in [3.05, 3.63) is 101 Å². The van der Waals surface area contributed by atoms with Gasteiger partial charge in [-0.05, 0) is 73.5 Å². The average molecular weight is 484 g/mol. The second kappa shape index (κ2) is 10.9. The molecule has 0 aromatic heterocycles. The van der Waals surface area contributed by atoms with Crippen LogP contribution in [0.1, 0.15) is 35.4 Å². The minimum atomic E-state index is -0.334. The Bertz CT molecular complexity index is 1240. The molecule has 2 saturated heterocycles. The number of carbonyl (C=O) groups is 1. The first kappa shape index (κ1) is 24.1. The summed E-state index contributed by atoms with van der Waals surface area (Å²) in [6, 6.07) is 24.0. The van der Waals surface area contributed by atoms with Gasteiger partial charge in [-0.1, -0.05) is 42.2 Å². The van der Waals surface area contributed by atoms with Gasteiger partial charge in [-0.3, -0.25) is 4.90 Å². The number of benzene rings is 3. The number of halogens is 1. The van der Waals surface area contributed by atoms with E-state index in [4.69, 9.17) is 0 Å². The highest BCUT2D eigenvalue weighted by Crippen LogP contribution is 2.42. The number of carbonyl (C=O) groups excluding carboxylic acids is 1. The van der Waals surface area contributed by atoms with Gasteiger partial charge in [0, 0.05) is 47.9 Å². The maximum atomic E-state index is 13.2. The van der Waals surface area contributed by atoms with E-state index in [0.717, 1.165) is 36.1 Å². The van der Waals surface area contributed by atoms with Crippen molar-refractivity contribution in [1.29, 1.82) is 0 Å². The third-order valence-corrected chi connectivity index (χ3v) is 7.17. The molecule has 0 aliphatic carbocycles. The van der Waals surface area contributed by atoms with Crippen molar-refractivity contribution in [3.63, 3.8) is 0 Å². The van der Waals surface area contributed by atoms with Crippen LogP contribution in [0, 0.1) is 17.7 Å². The molecule has 3 atom stereocenters. The molecular formula is C30H30FN3O2. The lowest BCUT2D eigenvalue weighted by Crippen LogP contribution is -2.68.